The molecule has 1 aliphatic rings. The van der Waals surface area contributed by atoms with Crippen molar-refractivity contribution < 1.29 is 41.4 Å². The largest absolute Gasteiger partial charge is 0.497 e. The molecule has 0 spiro atoms. The first kappa shape index (κ1) is 29.5. The van der Waals surface area contributed by atoms with Crippen LogP contribution in [0, 0.1) is 23.3 Å². The van der Waals surface area contributed by atoms with Gasteiger partial charge in [0.1, 0.15) is 11.8 Å². The lowest BCUT2D eigenvalue weighted by Crippen LogP contribution is -2.37. The van der Waals surface area contributed by atoms with Crippen LogP contribution in [0.15, 0.2) is 54.6 Å². The molecule has 1 atom stereocenters. The molecular weight excluding hydrogens is 566 g/mol. The van der Waals surface area contributed by atoms with Crippen LogP contribution in [0.2, 0.25) is 0 Å². The molecule has 13 heteroatoms. The van der Waals surface area contributed by atoms with Gasteiger partial charge in [-0.3, -0.25) is 14.5 Å². The van der Waals surface area contributed by atoms with Crippen LogP contribution in [0.3, 0.4) is 0 Å². The maximum atomic E-state index is 14.6. The summed E-state index contributed by atoms with van der Waals surface area (Å²) in [5, 5.41) is 2.44. The van der Waals surface area contributed by atoms with Gasteiger partial charge in [0.25, 0.3) is 5.91 Å². The van der Waals surface area contributed by atoms with Gasteiger partial charge in [-0.2, -0.15) is 0 Å². The fourth-order valence-corrected chi connectivity index (χ4v) is 4.58. The van der Waals surface area contributed by atoms with Crippen LogP contribution in [0.1, 0.15) is 29.3 Å². The number of methoxy groups -OCH3 is 1. The van der Waals surface area contributed by atoms with Crippen molar-refractivity contribution in [1.82, 2.24) is 4.90 Å². The molecule has 3 aromatic carbocycles. The fourth-order valence-electron chi connectivity index (χ4n) is 4.19. The number of esters is 1. The number of nitrogens with one attached hydrogen (secondary N) is 1. The second-order valence-corrected chi connectivity index (χ2v) is 9.17. The van der Waals surface area contributed by atoms with Crippen LogP contribution in [-0.2, 0) is 20.9 Å². The highest BCUT2D eigenvalue weighted by Gasteiger charge is 2.44. The number of hydrogen-bond donors (Lipinski definition) is 1. The zero-order valence-electron chi connectivity index (χ0n) is 21.8. The standard InChI is InChI=1S/C28H23F4N3O5S/c1-3-40-27(38)15-4-6-17(7-5-15)33-22(36)13-21-26(37)35(18-8-10-19(39-2)11-9-18)28(41)34(21)14-16-12-20(29)24(31)25(32)23(16)30/h4-12,21H,3,13-14H2,1-2H3,(H,33,36). The molecule has 0 saturated carbocycles. The van der Waals surface area contributed by atoms with E-state index in [1.54, 1.807) is 19.1 Å². The minimum absolute atomic E-state index is 0.165. The quantitative estimate of drug-likeness (QED) is 0.124. The first-order valence-corrected chi connectivity index (χ1v) is 12.6. The van der Waals surface area contributed by atoms with Crippen molar-refractivity contribution in [2.75, 3.05) is 23.9 Å². The predicted octanol–water partition coefficient (Wildman–Crippen LogP) is 4.96. The van der Waals surface area contributed by atoms with Crippen LogP contribution in [0.4, 0.5) is 28.9 Å². The molecule has 3 aromatic rings. The van der Waals surface area contributed by atoms with E-state index in [1.165, 1.54) is 43.5 Å². The summed E-state index contributed by atoms with van der Waals surface area (Å²) < 4.78 is 66.1. The van der Waals surface area contributed by atoms with Gasteiger partial charge in [0.2, 0.25) is 5.91 Å². The Morgan fingerprint density at radius 1 is 0.976 bits per heavy atom. The number of carbonyl (C=O) groups excluding carboxylic acids is 3. The number of ether oxygens (including phenoxy) is 2. The number of thiocarbonyl (C=S) groups is 1. The van der Waals surface area contributed by atoms with E-state index in [9.17, 15) is 31.9 Å². The maximum absolute atomic E-state index is 14.6. The summed E-state index contributed by atoms with van der Waals surface area (Å²) in [6.07, 6.45) is -0.487. The van der Waals surface area contributed by atoms with Gasteiger partial charge in [-0.15, -0.1) is 0 Å². The minimum atomic E-state index is -2.01. The SMILES string of the molecule is CCOC(=O)c1ccc(NC(=O)CC2C(=O)N(c3ccc(OC)cc3)C(=S)N2Cc2cc(F)c(F)c(F)c2F)cc1. The Bertz CT molecular complexity index is 1500. The zero-order valence-corrected chi connectivity index (χ0v) is 22.6. The second kappa shape index (κ2) is 12.3. The maximum Gasteiger partial charge on any atom is 0.338 e. The monoisotopic (exact) mass is 589 g/mol. The summed E-state index contributed by atoms with van der Waals surface area (Å²) in [4.78, 5) is 40.6. The molecule has 214 valence electrons. The number of hydrogen-bond acceptors (Lipinski definition) is 6. The molecular formula is C28H23F4N3O5S. The molecule has 1 N–H and O–H groups in total. The Labute approximate surface area is 237 Å². The van der Waals surface area contributed by atoms with Crippen molar-refractivity contribution in [3.8, 4) is 5.75 Å². The van der Waals surface area contributed by atoms with Gasteiger partial charge in [-0.1, -0.05) is 0 Å². The van der Waals surface area contributed by atoms with Crippen molar-refractivity contribution >= 4 is 46.5 Å². The molecule has 1 unspecified atom stereocenters. The van der Waals surface area contributed by atoms with Crippen molar-refractivity contribution in [3.05, 3.63) is 89.0 Å². The third kappa shape index (κ3) is 6.14. The molecule has 1 heterocycles. The summed E-state index contributed by atoms with van der Waals surface area (Å²) >= 11 is 5.48. The Balaban J connectivity index is 1.61. The number of anilines is 2. The minimum Gasteiger partial charge on any atom is -0.497 e. The zero-order chi connectivity index (χ0) is 29.8. The van der Waals surface area contributed by atoms with Gasteiger partial charge >= 0.3 is 5.97 Å². The van der Waals surface area contributed by atoms with E-state index in [4.69, 9.17) is 21.7 Å². The molecule has 4 rings (SSSR count). The third-order valence-corrected chi connectivity index (χ3v) is 6.64. The van der Waals surface area contributed by atoms with Crippen LogP contribution in [-0.4, -0.2) is 47.6 Å². The first-order chi connectivity index (χ1) is 19.5. The number of amides is 2. The van der Waals surface area contributed by atoms with Gasteiger partial charge in [0.15, 0.2) is 28.4 Å². The number of benzene rings is 3. The Morgan fingerprint density at radius 2 is 1.63 bits per heavy atom. The van der Waals surface area contributed by atoms with Crippen LogP contribution in [0.25, 0.3) is 0 Å². The van der Waals surface area contributed by atoms with Crippen molar-refractivity contribution in [3.63, 3.8) is 0 Å². The molecule has 0 aromatic heterocycles. The summed E-state index contributed by atoms with van der Waals surface area (Å²) in [6, 6.07) is 11.2. The highest BCUT2D eigenvalue weighted by atomic mass is 32.1. The third-order valence-electron chi connectivity index (χ3n) is 6.23. The Kier molecular flexibility index (Phi) is 8.86. The van der Waals surface area contributed by atoms with E-state index in [1.807, 2.05) is 0 Å². The van der Waals surface area contributed by atoms with E-state index >= 15 is 0 Å². The van der Waals surface area contributed by atoms with E-state index < -0.39 is 65.6 Å². The van der Waals surface area contributed by atoms with Crippen molar-refractivity contribution in [2.24, 2.45) is 0 Å². The molecule has 41 heavy (non-hydrogen) atoms. The molecule has 1 aliphatic heterocycles. The topological polar surface area (TPSA) is 88.2 Å². The highest BCUT2D eigenvalue weighted by Crippen LogP contribution is 2.31. The molecule has 1 fully saturated rings. The smallest absolute Gasteiger partial charge is 0.338 e. The lowest BCUT2D eigenvalue weighted by molar-refractivity contribution is -0.124. The average molecular weight is 590 g/mol. The molecule has 8 nitrogen and oxygen atoms in total. The van der Waals surface area contributed by atoms with Crippen molar-refractivity contribution in [1.29, 1.82) is 0 Å². The summed E-state index contributed by atoms with van der Waals surface area (Å²) in [5.41, 5.74) is 0.278. The van der Waals surface area contributed by atoms with E-state index in [0.717, 1.165) is 9.80 Å². The number of halogens is 4. The van der Waals surface area contributed by atoms with Gasteiger partial charge in [0.05, 0.1) is 31.4 Å². The number of carbonyl (C=O) groups is 3. The van der Waals surface area contributed by atoms with Gasteiger partial charge in [-0.25, -0.2) is 22.4 Å². The van der Waals surface area contributed by atoms with Crippen LogP contribution >= 0.6 is 12.2 Å². The predicted molar refractivity (Wildman–Crippen MR) is 144 cm³/mol. The highest BCUT2D eigenvalue weighted by molar-refractivity contribution is 7.80. The van der Waals surface area contributed by atoms with Crippen LogP contribution in [0.5, 0.6) is 5.75 Å². The molecule has 0 bridgehead atoms. The lowest BCUT2D eigenvalue weighted by atomic mass is 10.1. The normalized spacial score (nSPS) is 14.8. The van der Waals surface area contributed by atoms with Crippen molar-refractivity contribution in [2.45, 2.75) is 25.9 Å². The number of rotatable bonds is 9. The lowest BCUT2D eigenvalue weighted by Gasteiger charge is -2.24. The van der Waals surface area contributed by atoms with E-state index in [-0.39, 0.29) is 17.3 Å². The molecule has 0 radical (unpaired) electrons. The average Bonchev–Trinajstić information content (AvgIpc) is 3.18. The number of nitrogens with zero attached hydrogens (tertiary/aromatic N) is 2. The first-order valence-electron chi connectivity index (χ1n) is 12.2. The summed E-state index contributed by atoms with van der Waals surface area (Å²) in [7, 11) is 1.46. The van der Waals surface area contributed by atoms with Crippen LogP contribution < -0.4 is 15.0 Å². The van der Waals surface area contributed by atoms with Gasteiger partial charge in [-0.05, 0) is 73.7 Å². The van der Waals surface area contributed by atoms with E-state index in [0.29, 0.717) is 23.2 Å². The van der Waals surface area contributed by atoms with E-state index in [2.05, 4.69) is 5.32 Å². The Morgan fingerprint density at radius 3 is 2.24 bits per heavy atom. The molecule has 0 aliphatic carbocycles. The molecule has 1 saturated heterocycles. The second-order valence-electron chi connectivity index (χ2n) is 8.81. The van der Waals surface area contributed by atoms with Gasteiger partial charge < -0.3 is 19.7 Å². The summed E-state index contributed by atoms with van der Waals surface area (Å²) in [5.74, 6) is -8.60. The Hall–Kier alpha value is -4.52. The summed E-state index contributed by atoms with van der Waals surface area (Å²) in [6.45, 7) is 1.22. The molecule has 2 amide bonds. The van der Waals surface area contributed by atoms with Gasteiger partial charge in [0, 0.05) is 17.8 Å². The fraction of sp³-hybridized carbons (Fsp3) is 0.214.